The number of H-pyrrole nitrogens is 3. The van der Waals surface area contributed by atoms with Gasteiger partial charge in [-0.15, -0.1) is 0 Å². The maximum Gasteiger partial charge on any atom is 0.339 e. The number of rotatable bonds is 3. The zero-order valence-electron chi connectivity index (χ0n) is 11.1. The summed E-state index contributed by atoms with van der Waals surface area (Å²) >= 11 is 0. The standard InChI is InChI=1S/C14H10N4O4/c19-12-9-11(17-14(22)18-12)16-10(15-9)8(13(20)21)6-7-4-2-1-3-5-7/h1-6H,(H,20,21)(H3,15,16,17,18,19,22). The van der Waals surface area contributed by atoms with E-state index in [1.807, 2.05) is 11.1 Å². The van der Waals surface area contributed by atoms with Gasteiger partial charge in [-0.2, -0.15) is 0 Å². The molecule has 0 spiro atoms. The maximum atomic E-state index is 11.6. The van der Waals surface area contributed by atoms with Crippen molar-refractivity contribution in [2.75, 3.05) is 0 Å². The SMILES string of the molecule is O=C(O)C(=Cc1ccccc1)c1nc2[nH]c(=O)[nH]c(=O)c2[nH]1. The molecule has 0 bridgehead atoms. The number of benzene rings is 1. The van der Waals surface area contributed by atoms with Crippen molar-refractivity contribution in [3.05, 3.63) is 62.6 Å². The van der Waals surface area contributed by atoms with E-state index < -0.39 is 17.2 Å². The average Bonchev–Trinajstić information content (AvgIpc) is 2.89. The molecule has 8 heteroatoms. The second kappa shape index (κ2) is 5.17. The quantitative estimate of drug-likeness (QED) is 0.525. The van der Waals surface area contributed by atoms with E-state index in [2.05, 4.69) is 15.0 Å². The number of carboxylic acid groups (broad SMARTS) is 1. The molecule has 0 saturated heterocycles. The Balaban J connectivity index is 2.20. The van der Waals surface area contributed by atoms with Gasteiger partial charge in [-0.3, -0.25) is 14.8 Å². The van der Waals surface area contributed by atoms with E-state index in [0.29, 0.717) is 5.56 Å². The molecule has 0 unspecified atom stereocenters. The van der Waals surface area contributed by atoms with Crippen LogP contribution < -0.4 is 11.2 Å². The number of aromatic nitrogens is 4. The van der Waals surface area contributed by atoms with Crippen molar-refractivity contribution in [2.45, 2.75) is 0 Å². The van der Waals surface area contributed by atoms with Crippen LogP contribution >= 0.6 is 0 Å². The fourth-order valence-corrected chi connectivity index (χ4v) is 2.01. The van der Waals surface area contributed by atoms with Crippen LogP contribution in [0.15, 0.2) is 39.9 Å². The fraction of sp³-hybridized carbons (Fsp3) is 0. The number of fused-ring (bicyclic) bond motifs is 1. The highest BCUT2D eigenvalue weighted by molar-refractivity contribution is 6.19. The predicted octanol–water partition coefficient (Wildman–Crippen LogP) is 0.565. The molecule has 0 radical (unpaired) electrons. The highest BCUT2D eigenvalue weighted by Gasteiger charge is 2.17. The molecule has 4 N–H and O–H groups in total. The smallest absolute Gasteiger partial charge is 0.339 e. The second-order valence-corrected chi connectivity index (χ2v) is 4.49. The minimum atomic E-state index is -1.21. The van der Waals surface area contributed by atoms with Crippen LogP contribution in [0.1, 0.15) is 11.4 Å². The van der Waals surface area contributed by atoms with Crippen molar-refractivity contribution in [2.24, 2.45) is 0 Å². The summed E-state index contributed by atoms with van der Waals surface area (Å²) < 4.78 is 0. The Morgan fingerprint density at radius 1 is 1.09 bits per heavy atom. The molecule has 0 atom stereocenters. The zero-order valence-corrected chi connectivity index (χ0v) is 11.1. The third kappa shape index (κ3) is 2.44. The van der Waals surface area contributed by atoms with Gasteiger partial charge in [0.25, 0.3) is 5.56 Å². The van der Waals surface area contributed by atoms with Crippen LogP contribution in [0.3, 0.4) is 0 Å². The largest absolute Gasteiger partial charge is 0.478 e. The molecule has 0 aliphatic heterocycles. The summed E-state index contributed by atoms with van der Waals surface area (Å²) in [5.41, 5.74) is -0.814. The molecule has 3 aromatic rings. The van der Waals surface area contributed by atoms with Crippen LogP contribution in [-0.4, -0.2) is 31.0 Å². The molecule has 110 valence electrons. The number of carboxylic acids is 1. The summed E-state index contributed by atoms with van der Waals surface area (Å²) in [4.78, 5) is 45.3. The second-order valence-electron chi connectivity index (χ2n) is 4.49. The van der Waals surface area contributed by atoms with Crippen molar-refractivity contribution in [1.29, 1.82) is 0 Å². The minimum Gasteiger partial charge on any atom is -0.478 e. The van der Waals surface area contributed by atoms with E-state index >= 15 is 0 Å². The van der Waals surface area contributed by atoms with E-state index in [-0.39, 0.29) is 22.6 Å². The molecule has 3 rings (SSSR count). The molecule has 2 aromatic heterocycles. The number of imidazole rings is 1. The Labute approximate surface area is 122 Å². The Hall–Kier alpha value is -3.42. The molecule has 0 aliphatic carbocycles. The summed E-state index contributed by atoms with van der Waals surface area (Å²) in [5.74, 6) is -1.22. The van der Waals surface area contributed by atoms with Crippen LogP contribution in [0, 0.1) is 0 Å². The summed E-state index contributed by atoms with van der Waals surface area (Å²) in [6, 6.07) is 8.82. The monoisotopic (exact) mass is 298 g/mol. The topological polar surface area (TPSA) is 132 Å². The third-order valence-electron chi connectivity index (χ3n) is 2.99. The number of nitrogens with one attached hydrogen (secondary N) is 3. The Kier molecular flexibility index (Phi) is 3.18. The molecule has 0 saturated carbocycles. The Morgan fingerprint density at radius 2 is 1.82 bits per heavy atom. The zero-order chi connectivity index (χ0) is 15.7. The molecule has 0 amide bonds. The van der Waals surface area contributed by atoms with Crippen LogP contribution in [0.2, 0.25) is 0 Å². The van der Waals surface area contributed by atoms with Crippen molar-refractivity contribution in [1.82, 2.24) is 19.9 Å². The molecule has 1 aromatic carbocycles. The van der Waals surface area contributed by atoms with Gasteiger partial charge in [0.05, 0.1) is 0 Å². The third-order valence-corrected chi connectivity index (χ3v) is 2.99. The first kappa shape index (κ1) is 13.6. The van der Waals surface area contributed by atoms with Crippen LogP contribution in [0.25, 0.3) is 22.8 Å². The lowest BCUT2D eigenvalue weighted by molar-refractivity contribution is -0.130. The normalized spacial score (nSPS) is 11.7. The summed E-state index contributed by atoms with van der Waals surface area (Å²) in [5, 5.41) is 9.35. The van der Waals surface area contributed by atoms with Crippen molar-refractivity contribution >= 4 is 28.8 Å². The van der Waals surface area contributed by atoms with E-state index in [1.54, 1.807) is 24.3 Å². The predicted molar refractivity (Wildman–Crippen MR) is 79.3 cm³/mol. The first-order valence-electron chi connectivity index (χ1n) is 6.27. The summed E-state index contributed by atoms with van der Waals surface area (Å²) in [6.07, 6.45) is 1.42. The number of hydrogen-bond acceptors (Lipinski definition) is 4. The Morgan fingerprint density at radius 3 is 2.50 bits per heavy atom. The first-order valence-corrected chi connectivity index (χ1v) is 6.27. The van der Waals surface area contributed by atoms with Gasteiger partial charge in [-0.1, -0.05) is 30.3 Å². The molecule has 0 aliphatic rings. The van der Waals surface area contributed by atoms with Crippen LogP contribution in [0.5, 0.6) is 0 Å². The Bertz CT molecular complexity index is 995. The first-order chi connectivity index (χ1) is 10.5. The maximum absolute atomic E-state index is 11.6. The number of carbonyl (C=O) groups is 1. The highest BCUT2D eigenvalue weighted by Crippen LogP contribution is 2.17. The van der Waals surface area contributed by atoms with Crippen molar-refractivity contribution < 1.29 is 9.90 Å². The van der Waals surface area contributed by atoms with Gasteiger partial charge in [-0.05, 0) is 11.6 Å². The van der Waals surface area contributed by atoms with Gasteiger partial charge < -0.3 is 10.1 Å². The lowest BCUT2D eigenvalue weighted by Gasteiger charge is -1.98. The summed E-state index contributed by atoms with van der Waals surface area (Å²) in [7, 11) is 0. The highest BCUT2D eigenvalue weighted by atomic mass is 16.4. The van der Waals surface area contributed by atoms with Gasteiger partial charge in [0, 0.05) is 0 Å². The van der Waals surface area contributed by atoms with Gasteiger partial charge >= 0.3 is 11.7 Å². The van der Waals surface area contributed by atoms with Crippen LogP contribution in [-0.2, 0) is 4.79 Å². The van der Waals surface area contributed by atoms with Crippen LogP contribution in [0.4, 0.5) is 0 Å². The minimum absolute atomic E-state index is 0.00367. The molecule has 0 fully saturated rings. The number of aliphatic carboxylic acids is 1. The number of hydrogen-bond donors (Lipinski definition) is 4. The lowest BCUT2D eigenvalue weighted by Crippen LogP contribution is -2.21. The summed E-state index contributed by atoms with van der Waals surface area (Å²) in [6.45, 7) is 0. The van der Waals surface area contributed by atoms with Gasteiger partial charge in [0.15, 0.2) is 5.65 Å². The van der Waals surface area contributed by atoms with Gasteiger partial charge in [0.2, 0.25) is 0 Å². The lowest BCUT2D eigenvalue weighted by atomic mass is 10.1. The van der Waals surface area contributed by atoms with E-state index in [0.717, 1.165) is 0 Å². The van der Waals surface area contributed by atoms with Crippen molar-refractivity contribution in [3.63, 3.8) is 0 Å². The number of nitrogens with zero attached hydrogens (tertiary/aromatic N) is 1. The van der Waals surface area contributed by atoms with Crippen molar-refractivity contribution in [3.8, 4) is 0 Å². The molecule has 22 heavy (non-hydrogen) atoms. The van der Waals surface area contributed by atoms with E-state index in [9.17, 15) is 19.5 Å². The molecule has 2 heterocycles. The fourth-order valence-electron chi connectivity index (χ4n) is 2.01. The average molecular weight is 298 g/mol. The molecule has 8 nitrogen and oxygen atoms in total. The van der Waals surface area contributed by atoms with Gasteiger partial charge in [-0.25, -0.2) is 14.6 Å². The van der Waals surface area contributed by atoms with Gasteiger partial charge in [0.1, 0.15) is 16.9 Å². The molecular formula is C14H10N4O4. The van der Waals surface area contributed by atoms with E-state index in [1.165, 1.54) is 6.08 Å². The molecular weight excluding hydrogens is 288 g/mol. The van der Waals surface area contributed by atoms with E-state index in [4.69, 9.17) is 0 Å². The number of aromatic amines is 3.